The Morgan fingerprint density at radius 1 is 0.809 bits per heavy atom. The molecular formula is C40H22N4O3. The molecule has 1 unspecified atom stereocenters. The molecule has 2 heterocycles. The minimum atomic E-state index is -1.25. The number of hydrogen-bond donors (Lipinski definition) is 1. The van der Waals surface area contributed by atoms with Crippen molar-refractivity contribution in [2.75, 3.05) is 16.8 Å². The van der Waals surface area contributed by atoms with E-state index in [2.05, 4.69) is 111 Å². The van der Waals surface area contributed by atoms with Gasteiger partial charge < -0.3 is 15.0 Å². The Kier molecular flexibility index (Phi) is 11.6. The first-order valence-corrected chi connectivity index (χ1v) is 13.9. The summed E-state index contributed by atoms with van der Waals surface area (Å²) < 4.78 is 7.00. The molecule has 0 bridgehead atoms. The number of carbonyl (C=O) groups excluding carboxylic acids is 2. The van der Waals surface area contributed by atoms with Gasteiger partial charge >= 0.3 is 0 Å². The molecule has 3 aromatic rings. The van der Waals surface area contributed by atoms with Gasteiger partial charge in [-0.3, -0.25) is 9.59 Å². The van der Waals surface area contributed by atoms with E-state index >= 15 is 0 Å². The van der Waals surface area contributed by atoms with Gasteiger partial charge in [0, 0.05) is 65.3 Å². The lowest BCUT2D eigenvalue weighted by atomic mass is 10.1. The number of hydrogen-bond acceptors (Lipinski definition) is 4. The summed E-state index contributed by atoms with van der Waals surface area (Å²) in [5.41, 5.74) is 3.54. The van der Waals surface area contributed by atoms with E-state index in [4.69, 9.17) is 11.2 Å². The standard InChI is InChI=1S/C40H22N4O3/c1-4-5-6-7-8-9-10-11-12-13-14-15-16-17-18-23-30-47-37-27-22-20-25-35(37)41-39(45)38(44-33(3)31-32(2)42-44)40(46)43-29-28-34-24-19-21-26-36(34)43/h1,19-22,24-27,31,38H,28-29H2,2-3H3,(H,41,45). The molecule has 2 amide bonds. The number of nitrogens with zero attached hydrogens (tertiary/aromatic N) is 3. The van der Waals surface area contributed by atoms with Crippen molar-refractivity contribution < 1.29 is 14.3 Å². The molecule has 220 valence electrons. The average Bonchev–Trinajstić information content (AvgIpc) is 3.65. The van der Waals surface area contributed by atoms with Crippen LogP contribution in [0.5, 0.6) is 5.75 Å². The third-order valence-electron chi connectivity index (χ3n) is 6.23. The Bertz CT molecular complexity index is 2300. The van der Waals surface area contributed by atoms with E-state index in [9.17, 15) is 9.59 Å². The lowest BCUT2D eigenvalue weighted by Crippen LogP contribution is -2.43. The van der Waals surface area contributed by atoms with Crippen molar-refractivity contribution >= 4 is 23.2 Å². The Labute approximate surface area is 274 Å². The predicted molar refractivity (Wildman–Crippen MR) is 180 cm³/mol. The zero-order chi connectivity index (χ0) is 33.3. The van der Waals surface area contributed by atoms with Crippen molar-refractivity contribution in [1.29, 1.82) is 0 Å². The van der Waals surface area contributed by atoms with E-state index in [-0.39, 0.29) is 11.7 Å². The van der Waals surface area contributed by atoms with Crippen molar-refractivity contribution in [3.8, 4) is 113 Å². The number of rotatable bonds is 5. The van der Waals surface area contributed by atoms with Crippen molar-refractivity contribution in [2.24, 2.45) is 0 Å². The van der Waals surface area contributed by atoms with Gasteiger partial charge in [0.25, 0.3) is 11.8 Å². The second kappa shape index (κ2) is 16.9. The number of ether oxygens (including phenoxy) is 1. The fourth-order valence-electron chi connectivity index (χ4n) is 4.36. The average molecular weight is 607 g/mol. The summed E-state index contributed by atoms with van der Waals surface area (Å²) in [7, 11) is 0. The minimum absolute atomic E-state index is 0.270. The Hall–Kier alpha value is -7.57. The predicted octanol–water partition coefficient (Wildman–Crippen LogP) is 3.27. The van der Waals surface area contributed by atoms with E-state index in [0.717, 1.165) is 11.3 Å². The van der Waals surface area contributed by atoms with Crippen LogP contribution in [0.1, 0.15) is 23.0 Å². The maximum absolute atomic E-state index is 13.9. The number of carbonyl (C=O) groups is 2. The van der Waals surface area contributed by atoms with Gasteiger partial charge in [0.05, 0.1) is 11.4 Å². The van der Waals surface area contributed by atoms with Crippen LogP contribution in [0.15, 0.2) is 54.6 Å². The van der Waals surface area contributed by atoms with Crippen molar-refractivity contribution in [1.82, 2.24) is 9.78 Å². The number of anilines is 2. The second-order valence-electron chi connectivity index (χ2n) is 9.35. The van der Waals surface area contributed by atoms with Gasteiger partial charge in [-0.05, 0) is 97.5 Å². The third-order valence-corrected chi connectivity index (χ3v) is 6.23. The van der Waals surface area contributed by atoms with Crippen LogP contribution in [0.4, 0.5) is 11.4 Å². The molecule has 1 aliphatic rings. The fourth-order valence-corrected chi connectivity index (χ4v) is 4.36. The molecule has 1 N–H and O–H groups in total. The summed E-state index contributed by atoms with van der Waals surface area (Å²) in [6, 6.07) is 15.0. The highest BCUT2D eigenvalue weighted by molar-refractivity contribution is 6.14. The van der Waals surface area contributed by atoms with Crippen LogP contribution < -0.4 is 15.0 Å². The zero-order valence-electron chi connectivity index (χ0n) is 25.3. The lowest BCUT2D eigenvalue weighted by molar-refractivity contribution is -0.130. The van der Waals surface area contributed by atoms with E-state index < -0.39 is 11.9 Å². The van der Waals surface area contributed by atoms with E-state index in [1.54, 1.807) is 36.1 Å². The van der Waals surface area contributed by atoms with Gasteiger partial charge in [-0.1, -0.05) is 30.3 Å². The molecule has 1 aromatic heterocycles. The van der Waals surface area contributed by atoms with Gasteiger partial charge in [-0.15, -0.1) is 6.42 Å². The van der Waals surface area contributed by atoms with E-state index in [1.165, 1.54) is 4.68 Å². The highest BCUT2D eigenvalue weighted by Gasteiger charge is 2.37. The molecule has 0 saturated heterocycles. The lowest BCUT2D eigenvalue weighted by Gasteiger charge is -2.25. The quantitative estimate of drug-likeness (QED) is 0.358. The van der Waals surface area contributed by atoms with E-state index in [0.29, 0.717) is 30.0 Å². The van der Waals surface area contributed by atoms with Gasteiger partial charge in [0.1, 0.15) is 6.11 Å². The van der Waals surface area contributed by atoms with Gasteiger partial charge in [0.15, 0.2) is 5.75 Å². The number of benzene rings is 2. The summed E-state index contributed by atoms with van der Waals surface area (Å²) in [5, 5.41) is 7.30. The van der Waals surface area contributed by atoms with Gasteiger partial charge in [0.2, 0.25) is 6.04 Å². The van der Waals surface area contributed by atoms with Crippen LogP contribution in [-0.4, -0.2) is 28.1 Å². The summed E-state index contributed by atoms with van der Waals surface area (Å²) in [6.07, 6.45) is 8.15. The van der Waals surface area contributed by atoms with Crippen LogP contribution in [0.2, 0.25) is 0 Å². The van der Waals surface area contributed by atoms with Crippen LogP contribution in [-0.2, 0) is 16.0 Å². The minimum Gasteiger partial charge on any atom is -0.404 e. The Morgan fingerprint density at radius 2 is 1.38 bits per heavy atom. The largest absolute Gasteiger partial charge is 0.404 e. The molecule has 2 aromatic carbocycles. The monoisotopic (exact) mass is 606 g/mol. The molecule has 0 aliphatic carbocycles. The maximum Gasteiger partial charge on any atom is 0.261 e. The highest BCUT2D eigenvalue weighted by Crippen LogP contribution is 2.31. The van der Waals surface area contributed by atoms with Crippen LogP contribution in [0, 0.1) is 121 Å². The number of fused-ring (bicyclic) bond motifs is 1. The Morgan fingerprint density at radius 3 is 2.00 bits per heavy atom. The molecule has 47 heavy (non-hydrogen) atoms. The molecular weight excluding hydrogens is 584 g/mol. The van der Waals surface area contributed by atoms with Crippen LogP contribution in [0.25, 0.3) is 0 Å². The first-order valence-electron chi connectivity index (χ1n) is 13.9. The molecule has 4 rings (SSSR count). The fraction of sp³-hybridized carbons (Fsp3) is 0.125. The summed E-state index contributed by atoms with van der Waals surface area (Å²) in [4.78, 5) is 29.3. The molecule has 0 radical (unpaired) electrons. The normalized spacial score (nSPS) is 10.1. The van der Waals surface area contributed by atoms with Gasteiger partial charge in [-0.25, -0.2) is 4.68 Å². The summed E-state index contributed by atoms with van der Waals surface area (Å²) in [6.45, 7) is 4.09. The number of amides is 2. The zero-order valence-corrected chi connectivity index (χ0v) is 25.3. The van der Waals surface area contributed by atoms with Gasteiger partial charge in [-0.2, -0.15) is 5.10 Å². The number of para-hydroxylation sites is 3. The number of terminal acetylenes is 1. The second-order valence-corrected chi connectivity index (χ2v) is 9.35. The SMILES string of the molecule is C#CC#CC#CC#CC#CC#CC#CC#CC#COc1ccccc1NC(=O)C(C(=O)N1CCc2ccccc21)n1nc(C)cc1C. The topological polar surface area (TPSA) is 76.5 Å². The maximum atomic E-state index is 13.9. The summed E-state index contributed by atoms with van der Waals surface area (Å²) >= 11 is 0. The number of aromatic nitrogens is 2. The molecule has 7 nitrogen and oxygen atoms in total. The molecule has 0 fully saturated rings. The van der Waals surface area contributed by atoms with Crippen molar-refractivity contribution in [3.05, 3.63) is 71.5 Å². The van der Waals surface area contributed by atoms with E-state index in [1.807, 2.05) is 37.3 Å². The molecule has 1 atom stereocenters. The smallest absolute Gasteiger partial charge is 0.261 e. The highest BCUT2D eigenvalue weighted by atomic mass is 16.5. The van der Waals surface area contributed by atoms with Crippen molar-refractivity contribution in [2.45, 2.75) is 26.3 Å². The third kappa shape index (κ3) is 9.21. The first-order chi connectivity index (χ1) is 23.0. The molecule has 1 aliphatic heterocycles. The van der Waals surface area contributed by atoms with Crippen LogP contribution >= 0.6 is 0 Å². The first kappa shape index (κ1) is 32.3. The number of nitrogens with one attached hydrogen (secondary N) is 1. The van der Waals surface area contributed by atoms with Crippen LogP contribution in [0.3, 0.4) is 0 Å². The van der Waals surface area contributed by atoms with Crippen molar-refractivity contribution in [3.63, 3.8) is 0 Å². The Balaban J connectivity index is 1.42. The molecule has 0 spiro atoms. The molecule has 0 saturated carbocycles. The summed E-state index contributed by atoms with van der Waals surface area (Å²) in [5.74, 6) is 38.8. The number of aryl methyl sites for hydroxylation is 2. The molecule has 7 heteroatoms.